The highest BCUT2D eigenvalue weighted by Gasteiger charge is 2.15. The van der Waals surface area contributed by atoms with Crippen molar-refractivity contribution in [3.05, 3.63) is 0 Å². The van der Waals surface area contributed by atoms with Crippen molar-refractivity contribution in [3.8, 4) is 0 Å². The maximum atomic E-state index is 11.9. The van der Waals surface area contributed by atoms with Crippen molar-refractivity contribution < 1.29 is 19.4 Å². The van der Waals surface area contributed by atoms with E-state index in [1.54, 1.807) is 4.90 Å². The predicted molar refractivity (Wildman–Crippen MR) is 75.6 cm³/mol. The Morgan fingerprint density at radius 1 is 1.20 bits per heavy atom. The number of carboxylic acids is 1. The highest BCUT2D eigenvalue weighted by molar-refractivity contribution is 5.77. The lowest BCUT2D eigenvalue weighted by Crippen LogP contribution is -2.39. The molecule has 6 nitrogen and oxygen atoms in total. The van der Waals surface area contributed by atoms with Crippen molar-refractivity contribution in [1.29, 1.82) is 0 Å². The quantitative estimate of drug-likeness (QED) is 0.679. The molecule has 1 fully saturated rings. The highest BCUT2D eigenvalue weighted by atomic mass is 16.5. The zero-order chi connectivity index (χ0) is 14.8. The van der Waals surface area contributed by atoms with Gasteiger partial charge in [-0.05, 0) is 12.8 Å². The minimum Gasteiger partial charge on any atom is -0.481 e. The van der Waals surface area contributed by atoms with Crippen LogP contribution in [0.25, 0.3) is 0 Å². The molecule has 0 aromatic heterocycles. The standard InChI is InChI=1S/C14H26N2O4/c1-2-4-13(17)16(8-5-14(18)19)7-3-6-15-9-11-20-12-10-15/h2-12H2,1H3,(H,18,19). The molecule has 0 radical (unpaired) electrons. The number of carbonyl (C=O) groups excluding carboxylic acids is 1. The molecule has 0 aromatic rings. The van der Waals surface area contributed by atoms with E-state index in [9.17, 15) is 9.59 Å². The van der Waals surface area contributed by atoms with Gasteiger partial charge in [0.25, 0.3) is 0 Å². The van der Waals surface area contributed by atoms with Crippen LogP contribution in [0.5, 0.6) is 0 Å². The Labute approximate surface area is 120 Å². The molecule has 1 N–H and O–H groups in total. The third kappa shape index (κ3) is 6.86. The van der Waals surface area contributed by atoms with E-state index in [0.29, 0.717) is 19.5 Å². The first-order valence-electron chi connectivity index (χ1n) is 7.43. The van der Waals surface area contributed by atoms with Crippen LogP contribution in [0.4, 0.5) is 0 Å². The van der Waals surface area contributed by atoms with E-state index in [1.165, 1.54) is 0 Å². The van der Waals surface area contributed by atoms with E-state index in [2.05, 4.69) is 4.90 Å². The van der Waals surface area contributed by atoms with Crippen molar-refractivity contribution in [2.24, 2.45) is 0 Å². The molecule has 0 bridgehead atoms. The number of aliphatic carboxylic acids is 1. The molecule has 6 heteroatoms. The summed E-state index contributed by atoms with van der Waals surface area (Å²) >= 11 is 0. The van der Waals surface area contributed by atoms with E-state index < -0.39 is 5.97 Å². The molecule has 0 saturated carbocycles. The molecular formula is C14H26N2O4. The molecule has 1 heterocycles. The summed E-state index contributed by atoms with van der Waals surface area (Å²) in [5.74, 6) is -0.789. The van der Waals surface area contributed by atoms with Crippen LogP contribution in [-0.4, -0.2) is 72.7 Å². The van der Waals surface area contributed by atoms with Gasteiger partial charge in [0.15, 0.2) is 0 Å². The number of amides is 1. The Hall–Kier alpha value is -1.14. The maximum absolute atomic E-state index is 11.9. The van der Waals surface area contributed by atoms with Crippen LogP contribution in [0.15, 0.2) is 0 Å². The van der Waals surface area contributed by atoms with E-state index in [1.807, 2.05) is 6.92 Å². The van der Waals surface area contributed by atoms with Gasteiger partial charge in [-0.3, -0.25) is 14.5 Å². The number of hydrogen-bond acceptors (Lipinski definition) is 4. The molecule has 0 aliphatic carbocycles. The summed E-state index contributed by atoms with van der Waals surface area (Å²) < 4.78 is 5.29. The number of nitrogens with zero attached hydrogens (tertiary/aromatic N) is 2. The summed E-state index contributed by atoms with van der Waals surface area (Å²) in [6.07, 6.45) is 2.20. The van der Waals surface area contributed by atoms with Crippen molar-refractivity contribution in [3.63, 3.8) is 0 Å². The van der Waals surface area contributed by atoms with Gasteiger partial charge in [-0.15, -0.1) is 0 Å². The van der Waals surface area contributed by atoms with Crippen molar-refractivity contribution >= 4 is 11.9 Å². The van der Waals surface area contributed by atoms with Crippen LogP contribution in [0.1, 0.15) is 32.6 Å². The van der Waals surface area contributed by atoms with Crippen LogP contribution in [0, 0.1) is 0 Å². The molecule has 1 aliphatic heterocycles. The number of hydrogen-bond donors (Lipinski definition) is 1. The lowest BCUT2D eigenvalue weighted by Gasteiger charge is -2.28. The molecule has 0 aromatic carbocycles. The zero-order valence-electron chi connectivity index (χ0n) is 12.3. The monoisotopic (exact) mass is 286 g/mol. The average Bonchev–Trinajstić information content (AvgIpc) is 2.43. The van der Waals surface area contributed by atoms with Gasteiger partial charge in [0.2, 0.25) is 5.91 Å². The van der Waals surface area contributed by atoms with E-state index >= 15 is 0 Å². The highest BCUT2D eigenvalue weighted by Crippen LogP contribution is 2.04. The Kier molecular flexibility index (Phi) is 8.22. The summed E-state index contributed by atoms with van der Waals surface area (Å²) in [4.78, 5) is 26.6. The number of carbonyl (C=O) groups is 2. The first-order valence-corrected chi connectivity index (χ1v) is 7.43. The second-order valence-electron chi connectivity index (χ2n) is 5.08. The predicted octanol–water partition coefficient (Wildman–Crippen LogP) is 0.812. The van der Waals surface area contributed by atoms with Gasteiger partial charge < -0.3 is 14.7 Å². The van der Waals surface area contributed by atoms with Gasteiger partial charge >= 0.3 is 5.97 Å². The molecule has 0 spiro atoms. The van der Waals surface area contributed by atoms with Crippen LogP contribution in [-0.2, 0) is 14.3 Å². The molecule has 0 atom stereocenters. The number of carboxylic acid groups (broad SMARTS) is 1. The summed E-state index contributed by atoms with van der Waals surface area (Å²) in [6, 6.07) is 0. The number of morpholine rings is 1. The zero-order valence-corrected chi connectivity index (χ0v) is 12.3. The summed E-state index contributed by atoms with van der Waals surface area (Å²) in [5, 5.41) is 8.74. The third-order valence-electron chi connectivity index (χ3n) is 3.42. The van der Waals surface area contributed by atoms with Crippen LogP contribution in [0.3, 0.4) is 0 Å². The number of ether oxygens (including phenoxy) is 1. The molecule has 20 heavy (non-hydrogen) atoms. The number of rotatable bonds is 9. The first-order chi connectivity index (χ1) is 9.63. The molecular weight excluding hydrogens is 260 g/mol. The largest absolute Gasteiger partial charge is 0.481 e. The van der Waals surface area contributed by atoms with E-state index in [-0.39, 0.29) is 12.3 Å². The van der Waals surface area contributed by atoms with Gasteiger partial charge in [-0.1, -0.05) is 6.92 Å². The van der Waals surface area contributed by atoms with Crippen molar-refractivity contribution in [1.82, 2.24) is 9.80 Å². The van der Waals surface area contributed by atoms with Gasteiger partial charge in [0.1, 0.15) is 0 Å². The normalized spacial score (nSPS) is 16.1. The smallest absolute Gasteiger partial charge is 0.305 e. The lowest BCUT2D eigenvalue weighted by molar-refractivity contribution is -0.138. The first kappa shape index (κ1) is 16.9. The minimum atomic E-state index is -0.854. The topological polar surface area (TPSA) is 70.1 Å². The lowest BCUT2D eigenvalue weighted by atomic mass is 10.2. The second-order valence-corrected chi connectivity index (χ2v) is 5.08. The molecule has 116 valence electrons. The van der Waals surface area contributed by atoms with Crippen LogP contribution < -0.4 is 0 Å². The molecule has 1 aliphatic rings. The SMILES string of the molecule is CCCC(=O)N(CCCN1CCOCC1)CCC(=O)O. The summed E-state index contributed by atoms with van der Waals surface area (Å²) in [7, 11) is 0. The Morgan fingerprint density at radius 3 is 2.50 bits per heavy atom. The Balaban J connectivity index is 2.30. The fourth-order valence-corrected chi connectivity index (χ4v) is 2.27. The van der Waals surface area contributed by atoms with E-state index in [0.717, 1.165) is 45.7 Å². The van der Waals surface area contributed by atoms with E-state index in [4.69, 9.17) is 9.84 Å². The average molecular weight is 286 g/mol. The maximum Gasteiger partial charge on any atom is 0.305 e. The van der Waals surface area contributed by atoms with Crippen molar-refractivity contribution in [2.45, 2.75) is 32.6 Å². The fourth-order valence-electron chi connectivity index (χ4n) is 2.27. The summed E-state index contributed by atoms with van der Waals surface area (Å²) in [5.41, 5.74) is 0. The Morgan fingerprint density at radius 2 is 1.90 bits per heavy atom. The summed E-state index contributed by atoms with van der Waals surface area (Å²) in [6.45, 7) is 7.29. The van der Waals surface area contributed by atoms with Crippen molar-refractivity contribution in [2.75, 3.05) is 45.9 Å². The van der Waals surface area contributed by atoms with Gasteiger partial charge in [-0.2, -0.15) is 0 Å². The van der Waals surface area contributed by atoms with Crippen LogP contribution in [0.2, 0.25) is 0 Å². The molecule has 0 unspecified atom stereocenters. The molecule has 1 amide bonds. The molecule has 1 saturated heterocycles. The van der Waals surface area contributed by atoms with Gasteiger partial charge in [0.05, 0.1) is 19.6 Å². The fraction of sp³-hybridized carbons (Fsp3) is 0.857. The van der Waals surface area contributed by atoms with Gasteiger partial charge in [-0.25, -0.2) is 0 Å². The minimum absolute atomic E-state index is 0.0208. The van der Waals surface area contributed by atoms with Crippen LogP contribution >= 0.6 is 0 Å². The third-order valence-corrected chi connectivity index (χ3v) is 3.42. The molecule has 1 rings (SSSR count). The second kappa shape index (κ2) is 9.72. The Bertz CT molecular complexity index is 304. The van der Waals surface area contributed by atoms with Gasteiger partial charge in [0, 0.05) is 39.1 Å².